The van der Waals surface area contributed by atoms with Crippen molar-refractivity contribution in [2.24, 2.45) is 5.92 Å². The molecule has 0 spiro atoms. The van der Waals surface area contributed by atoms with E-state index in [1.807, 2.05) is 0 Å². The Morgan fingerprint density at radius 2 is 2.50 bits per heavy atom. The lowest BCUT2D eigenvalue weighted by atomic mass is 10.1. The molecule has 1 fully saturated rings. The van der Waals surface area contributed by atoms with Crippen molar-refractivity contribution in [2.75, 3.05) is 0 Å². The summed E-state index contributed by atoms with van der Waals surface area (Å²) in [6.45, 7) is 2.18. The van der Waals surface area contributed by atoms with Crippen LogP contribution in [0.15, 0.2) is 11.5 Å². The Bertz CT molecular complexity index is 83.9. The molecule has 0 bridgehead atoms. The van der Waals surface area contributed by atoms with Crippen LogP contribution in [0.3, 0.4) is 0 Å². The largest absolute Gasteiger partial charge is 0.132 e. The molecule has 1 atom stereocenters. The Morgan fingerprint density at radius 3 is 2.50 bits per heavy atom. The quantitative estimate of drug-likeness (QED) is 0.380. The van der Waals surface area contributed by atoms with Crippen molar-refractivity contribution in [3.8, 4) is 0 Å². The van der Waals surface area contributed by atoms with Gasteiger partial charge in [0.2, 0.25) is 0 Å². The molecule has 0 amide bonds. The van der Waals surface area contributed by atoms with Gasteiger partial charge in [-0.25, -0.2) is 0 Å². The second-order valence-electron chi connectivity index (χ2n) is 1.85. The Balaban J connectivity index is 2.44. The lowest BCUT2D eigenvalue weighted by Gasteiger charge is -1.64. The van der Waals surface area contributed by atoms with Gasteiger partial charge in [0.15, 0.2) is 0 Å². The molecule has 2 radical (unpaired) electrons. The van der Waals surface area contributed by atoms with Gasteiger partial charge in [-0.2, -0.15) is 0 Å². The molecule has 0 aromatic carbocycles. The minimum atomic E-state index is 0.801. The van der Waals surface area contributed by atoms with E-state index in [4.69, 9.17) is 7.85 Å². The van der Waals surface area contributed by atoms with Gasteiger partial charge in [0.05, 0.1) is 0 Å². The fourth-order valence-corrected chi connectivity index (χ4v) is 0.527. The molecular formula is C5H7B. The van der Waals surface area contributed by atoms with Crippen LogP contribution in [-0.2, 0) is 0 Å². The summed E-state index contributed by atoms with van der Waals surface area (Å²) in [6, 6.07) is 0. The van der Waals surface area contributed by atoms with E-state index in [1.165, 1.54) is 12.0 Å². The Morgan fingerprint density at radius 1 is 2.00 bits per heavy atom. The summed E-state index contributed by atoms with van der Waals surface area (Å²) in [5.74, 6) is 2.51. The molecule has 0 nitrogen and oxygen atoms in total. The second-order valence-corrected chi connectivity index (χ2v) is 1.85. The van der Waals surface area contributed by atoms with Crippen LogP contribution in [0.2, 0.25) is 0 Å². The van der Waals surface area contributed by atoms with E-state index < -0.39 is 0 Å². The molecule has 0 heterocycles. The topological polar surface area (TPSA) is 0 Å². The van der Waals surface area contributed by atoms with Gasteiger partial charge in [0.25, 0.3) is 0 Å². The minimum absolute atomic E-state index is 0.801. The third kappa shape index (κ3) is 0.491. The molecule has 1 unspecified atom stereocenters. The molecule has 1 heteroatoms. The van der Waals surface area contributed by atoms with Crippen LogP contribution in [0.5, 0.6) is 0 Å². The van der Waals surface area contributed by atoms with Crippen molar-refractivity contribution in [3.05, 3.63) is 11.5 Å². The fourth-order valence-electron chi connectivity index (χ4n) is 0.527. The molecule has 6 heavy (non-hydrogen) atoms. The summed E-state index contributed by atoms with van der Waals surface area (Å²) >= 11 is 0. The first-order valence-corrected chi connectivity index (χ1v) is 2.25. The van der Waals surface area contributed by atoms with E-state index in [1.54, 1.807) is 5.98 Å². The highest BCUT2D eigenvalue weighted by atomic mass is 14.3. The van der Waals surface area contributed by atoms with Crippen molar-refractivity contribution >= 4 is 7.85 Å². The minimum Gasteiger partial charge on any atom is -0.132 e. The smallest absolute Gasteiger partial charge is 0.102 e. The monoisotopic (exact) mass is 78.1 g/mol. The number of hydrogen-bond donors (Lipinski definition) is 0. The van der Waals surface area contributed by atoms with Crippen LogP contribution in [0.1, 0.15) is 13.3 Å². The number of allylic oxidation sites excluding steroid dienone is 1. The van der Waals surface area contributed by atoms with E-state index in [0.717, 1.165) is 5.92 Å². The van der Waals surface area contributed by atoms with Crippen LogP contribution in [-0.4, -0.2) is 7.85 Å². The van der Waals surface area contributed by atoms with Crippen LogP contribution < -0.4 is 0 Å². The van der Waals surface area contributed by atoms with Gasteiger partial charge >= 0.3 is 0 Å². The molecule has 0 aromatic rings. The van der Waals surface area contributed by atoms with Crippen molar-refractivity contribution < 1.29 is 0 Å². The first kappa shape index (κ1) is 3.98. The van der Waals surface area contributed by atoms with Gasteiger partial charge in [0, 0.05) is 0 Å². The molecule has 1 aliphatic rings. The van der Waals surface area contributed by atoms with Crippen LogP contribution in [0.25, 0.3) is 0 Å². The molecule has 0 saturated heterocycles. The highest BCUT2D eigenvalue weighted by molar-refractivity contribution is 6.17. The van der Waals surface area contributed by atoms with Crippen molar-refractivity contribution in [1.29, 1.82) is 0 Å². The number of hydrogen-bond acceptors (Lipinski definition) is 0. The molecule has 0 aromatic heterocycles. The summed E-state index contributed by atoms with van der Waals surface area (Å²) in [5.41, 5.74) is 1.41. The predicted octanol–water partition coefficient (Wildman–Crippen LogP) is 1.08. The average Bonchev–Trinajstić information content (AvgIpc) is 2.19. The third-order valence-electron chi connectivity index (χ3n) is 1.23. The molecule has 0 aliphatic heterocycles. The lowest BCUT2D eigenvalue weighted by molar-refractivity contribution is 1.02. The van der Waals surface area contributed by atoms with Gasteiger partial charge in [-0.1, -0.05) is 12.5 Å². The molecule has 0 N–H and O–H groups in total. The van der Waals surface area contributed by atoms with Gasteiger partial charge in [-0.15, -0.1) is 5.98 Å². The molecule has 1 rings (SSSR count). The summed E-state index contributed by atoms with van der Waals surface area (Å²) in [5, 5.41) is 0. The first-order chi connectivity index (χ1) is 2.84. The zero-order valence-corrected chi connectivity index (χ0v) is 3.94. The Hall–Kier alpha value is -0.195. The van der Waals surface area contributed by atoms with Gasteiger partial charge < -0.3 is 0 Å². The fraction of sp³-hybridized carbons (Fsp3) is 0.600. The first-order valence-electron chi connectivity index (χ1n) is 2.25. The average molecular weight is 77.9 g/mol. The van der Waals surface area contributed by atoms with E-state index in [0.29, 0.717) is 0 Å². The zero-order chi connectivity index (χ0) is 4.57. The predicted molar refractivity (Wildman–Crippen MR) is 27.6 cm³/mol. The van der Waals surface area contributed by atoms with Crippen LogP contribution >= 0.6 is 0 Å². The number of rotatable bonds is 0. The van der Waals surface area contributed by atoms with Crippen molar-refractivity contribution in [2.45, 2.75) is 13.3 Å². The lowest BCUT2D eigenvalue weighted by Crippen LogP contribution is -1.53. The summed E-state index contributed by atoms with van der Waals surface area (Å²) in [7, 11) is 5.16. The molecule has 30 valence electrons. The van der Waals surface area contributed by atoms with Gasteiger partial charge in [-0.3, -0.25) is 0 Å². The Labute approximate surface area is 39.7 Å². The highest BCUT2D eigenvalue weighted by Gasteiger charge is 2.21. The van der Waals surface area contributed by atoms with Crippen LogP contribution in [0, 0.1) is 5.92 Å². The van der Waals surface area contributed by atoms with Gasteiger partial charge in [-0.05, 0) is 12.3 Å². The zero-order valence-electron chi connectivity index (χ0n) is 3.94. The van der Waals surface area contributed by atoms with E-state index in [2.05, 4.69) is 6.92 Å². The SMILES string of the molecule is [B]C=C1CC1C. The van der Waals surface area contributed by atoms with E-state index >= 15 is 0 Å². The molecule has 1 aliphatic carbocycles. The summed E-state index contributed by atoms with van der Waals surface area (Å²) in [6.07, 6.45) is 1.23. The van der Waals surface area contributed by atoms with E-state index in [9.17, 15) is 0 Å². The molecular weight excluding hydrogens is 70.9 g/mol. The van der Waals surface area contributed by atoms with Crippen molar-refractivity contribution in [1.82, 2.24) is 0 Å². The second kappa shape index (κ2) is 1.14. The van der Waals surface area contributed by atoms with Gasteiger partial charge in [0.1, 0.15) is 7.85 Å². The third-order valence-corrected chi connectivity index (χ3v) is 1.23. The standard InChI is InChI=1S/C5H7B/c1-4-2-5(4)3-6/h3-4H,2H2,1H3. The Kier molecular flexibility index (Phi) is 0.757. The van der Waals surface area contributed by atoms with E-state index in [-0.39, 0.29) is 0 Å². The van der Waals surface area contributed by atoms with Crippen LogP contribution in [0.4, 0.5) is 0 Å². The van der Waals surface area contributed by atoms with Crippen molar-refractivity contribution in [3.63, 3.8) is 0 Å². The maximum absolute atomic E-state index is 5.16. The maximum Gasteiger partial charge on any atom is 0.102 e. The normalized spacial score (nSPS) is 37.5. The summed E-state index contributed by atoms with van der Waals surface area (Å²) in [4.78, 5) is 0. The summed E-state index contributed by atoms with van der Waals surface area (Å²) < 4.78 is 0. The molecule has 1 saturated carbocycles. The highest BCUT2D eigenvalue weighted by Crippen LogP contribution is 2.35. The maximum atomic E-state index is 5.16.